The summed E-state index contributed by atoms with van der Waals surface area (Å²) in [6.45, 7) is 1.61. The van der Waals surface area contributed by atoms with Gasteiger partial charge in [0.1, 0.15) is 6.04 Å². The molecule has 2 heterocycles. The van der Waals surface area contributed by atoms with E-state index < -0.39 is 24.7 Å². The van der Waals surface area contributed by atoms with Crippen LogP contribution in [0.1, 0.15) is 6.42 Å². The highest BCUT2D eigenvalue weighted by molar-refractivity contribution is 6.42. The molecule has 2 aliphatic rings. The molecule has 172 valence electrons. The van der Waals surface area contributed by atoms with E-state index in [-0.39, 0.29) is 32.1 Å². The number of halogens is 5. The van der Waals surface area contributed by atoms with Crippen LogP contribution in [0, 0.1) is 0 Å². The SMILES string of the molecule is O=C([C@H]1CN(CCC(F)(F)F)CCN1C(=O)O)N1CCN(c2ccc(Cl)c(Cl)c2)CC1. The standard InChI is InChI=1S/C19H23Cl2F3N4O3/c20-14-2-1-13(11-15(14)21)26-6-8-27(9-7-26)17(29)16-12-25(4-3-19(22,23)24)5-10-28(16)18(30)31/h1-2,11,16H,3-10,12H2,(H,30,31)/t16-/m1/s1. The molecule has 2 amide bonds. The van der Waals surface area contributed by atoms with Crippen LogP contribution in [0.3, 0.4) is 0 Å². The van der Waals surface area contributed by atoms with Gasteiger partial charge in [-0.25, -0.2) is 4.79 Å². The summed E-state index contributed by atoms with van der Waals surface area (Å²) in [7, 11) is 0. The molecule has 2 saturated heterocycles. The summed E-state index contributed by atoms with van der Waals surface area (Å²) >= 11 is 12.0. The summed E-state index contributed by atoms with van der Waals surface area (Å²) in [5.74, 6) is -0.382. The average molecular weight is 483 g/mol. The summed E-state index contributed by atoms with van der Waals surface area (Å²) in [6, 6.07) is 4.25. The predicted octanol–water partition coefficient (Wildman–Crippen LogP) is 3.26. The lowest BCUT2D eigenvalue weighted by Crippen LogP contribution is -2.62. The summed E-state index contributed by atoms with van der Waals surface area (Å²) in [4.78, 5) is 30.8. The third kappa shape index (κ3) is 6.08. The van der Waals surface area contributed by atoms with Crippen molar-refractivity contribution in [3.8, 4) is 0 Å². The van der Waals surface area contributed by atoms with E-state index in [1.165, 1.54) is 4.90 Å². The van der Waals surface area contributed by atoms with Crippen molar-refractivity contribution in [2.75, 3.05) is 57.3 Å². The molecule has 1 aromatic rings. The maximum absolute atomic E-state index is 13.1. The summed E-state index contributed by atoms with van der Waals surface area (Å²) in [5, 5.41) is 10.3. The van der Waals surface area contributed by atoms with Gasteiger partial charge in [0.25, 0.3) is 0 Å². The van der Waals surface area contributed by atoms with E-state index in [1.54, 1.807) is 17.0 Å². The van der Waals surface area contributed by atoms with E-state index >= 15 is 0 Å². The first-order chi connectivity index (χ1) is 14.5. The van der Waals surface area contributed by atoms with Crippen LogP contribution in [-0.2, 0) is 4.79 Å². The third-order valence-electron chi connectivity index (χ3n) is 5.57. The molecule has 0 bridgehead atoms. The zero-order chi connectivity index (χ0) is 22.8. The summed E-state index contributed by atoms with van der Waals surface area (Å²) < 4.78 is 37.7. The minimum Gasteiger partial charge on any atom is -0.465 e. The van der Waals surface area contributed by atoms with Crippen molar-refractivity contribution in [1.29, 1.82) is 0 Å². The Bertz CT molecular complexity index is 819. The molecule has 0 unspecified atom stereocenters. The highest BCUT2D eigenvalue weighted by Crippen LogP contribution is 2.28. The van der Waals surface area contributed by atoms with E-state index in [0.29, 0.717) is 36.2 Å². The Morgan fingerprint density at radius 2 is 1.71 bits per heavy atom. The van der Waals surface area contributed by atoms with Gasteiger partial charge in [0.15, 0.2) is 0 Å². The molecule has 12 heteroatoms. The molecule has 0 radical (unpaired) electrons. The number of anilines is 1. The zero-order valence-corrected chi connectivity index (χ0v) is 18.1. The van der Waals surface area contributed by atoms with Crippen LogP contribution < -0.4 is 4.90 Å². The van der Waals surface area contributed by atoms with Gasteiger partial charge >= 0.3 is 12.3 Å². The number of rotatable bonds is 4. The Kier molecular flexibility index (Phi) is 7.43. The van der Waals surface area contributed by atoms with Gasteiger partial charge in [-0.05, 0) is 18.2 Å². The largest absolute Gasteiger partial charge is 0.465 e. The van der Waals surface area contributed by atoms with Gasteiger partial charge in [0.2, 0.25) is 5.91 Å². The molecule has 0 aromatic heterocycles. The van der Waals surface area contributed by atoms with Gasteiger partial charge in [-0.15, -0.1) is 0 Å². The van der Waals surface area contributed by atoms with Crippen molar-refractivity contribution in [1.82, 2.24) is 14.7 Å². The fourth-order valence-corrected chi connectivity index (χ4v) is 4.14. The number of benzene rings is 1. The zero-order valence-electron chi connectivity index (χ0n) is 16.6. The predicted molar refractivity (Wildman–Crippen MR) is 111 cm³/mol. The minimum absolute atomic E-state index is 0.00711. The van der Waals surface area contributed by atoms with Crippen LogP contribution in [0.25, 0.3) is 0 Å². The molecule has 0 aliphatic carbocycles. The maximum atomic E-state index is 13.1. The molecular weight excluding hydrogens is 460 g/mol. The number of hydrogen-bond acceptors (Lipinski definition) is 4. The molecule has 0 spiro atoms. The number of carboxylic acid groups (broad SMARTS) is 1. The highest BCUT2D eigenvalue weighted by atomic mass is 35.5. The Morgan fingerprint density at radius 1 is 1.03 bits per heavy atom. The quantitative estimate of drug-likeness (QED) is 0.713. The van der Waals surface area contributed by atoms with Gasteiger partial charge in [0, 0.05) is 58.0 Å². The minimum atomic E-state index is -4.30. The molecule has 7 nitrogen and oxygen atoms in total. The molecule has 1 aromatic carbocycles. The summed E-state index contributed by atoms with van der Waals surface area (Å²) in [5.41, 5.74) is 0.865. The van der Waals surface area contributed by atoms with Crippen LogP contribution in [-0.4, -0.2) is 96.4 Å². The number of nitrogens with zero attached hydrogens (tertiary/aromatic N) is 4. The molecule has 1 N–H and O–H groups in total. The van der Waals surface area contributed by atoms with Gasteiger partial charge in [-0.3, -0.25) is 14.6 Å². The van der Waals surface area contributed by atoms with E-state index in [9.17, 15) is 27.9 Å². The normalized spacial score (nSPS) is 20.8. The van der Waals surface area contributed by atoms with E-state index in [0.717, 1.165) is 10.6 Å². The lowest BCUT2D eigenvalue weighted by Gasteiger charge is -2.43. The molecular formula is C19H23Cl2F3N4O3. The maximum Gasteiger partial charge on any atom is 0.408 e. The number of piperazine rings is 2. The lowest BCUT2D eigenvalue weighted by atomic mass is 10.1. The lowest BCUT2D eigenvalue weighted by molar-refractivity contribution is -0.143. The third-order valence-corrected chi connectivity index (χ3v) is 6.31. The first-order valence-electron chi connectivity index (χ1n) is 9.82. The van der Waals surface area contributed by atoms with Gasteiger partial charge < -0.3 is 14.9 Å². The second kappa shape index (κ2) is 9.70. The monoisotopic (exact) mass is 482 g/mol. The van der Waals surface area contributed by atoms with Crippen molar-refractivity contribution in [2.45, 2.75) is 18.6 Å². The number of hydrogen-bond donors (Lipinski definition) is 1. The number of alkyl halides is 3. The molecule has 1 atom stereocenters. The molecule has 31 heavy (non-hydrogen) atoms. The van der Waals surface area contributed by atoms with Gasteiger partial charge in [-0.2, -0.15) is 13.2 Å². The molecule has 0 saturated carbocycles. The van der Waals surface area contributed by atoms with Crippen LogP contribution in [0.2, 0.25) is 10.0 Å². The van der Waals surface area contributed by atoms with Gasteiger partial charge in [0.05, 0.1) is 16.5 Å². The second-order valence-corrected chi connectivity index (χ2v) is 8.38. The van der Waals surface area contributed by atoms with Crippen molar-refractivity contribution in [3.05, 3.63) is 28.2 Å². The van der Waals surface area contributed by atoms with Crippen molar-refractivity contribution < 1.29 is 27.9 Å². The van der Waals surface area contributed by atoms with Crippen LogP contribution in [0.5, 0.6) is 0 Å². The Balaban J connectivity index is 1.62. The smallest absolute Gasteiger partial charge is 0.408 e. The number of carbonyl (C=O) groups is 2. The topological polar surface area (TPSA) is 67.3 Å². The van der Waals surface area contributed by atoms with Crippen LogP contribution in [0.15, 0.2) is 18.2 Å². The first kappa shape index (κ1) is 23.7. The average Bonchev–Trinajstić information content (AvgIpc) is 2.73. The van der Waals surface area contributed by atoms with Crippen LogP contribution >= 0.6 is 23.2 Å². The summed E-state index contributed by atoms with van der Waals surface area (Å²) in [6.07, 6.45) is -6.54. The Hall–Kier alpha value is -1.91. The molecule has 2 aliphatic heterocycles. The number of amides is 2. The Labute approximate surface area is 187 Å². The first-order valence-corrected chi connectivity index (χ1v) is 10.6. The van der Waals surface area contributed by atoms with E-state index in [2.05, 4.69) is 0 Å². The number of carbonyl (C=O) groups excluding carboxylic acids is 1. The molecule has 3 rings (SSSR count). The molecule has 2 fully saturated rings. The van der Waals surface area contributed by atoms with Crippen molar-refractivity contribution >= 4 is 40.9 Å². The Morgan fingerprint density at radius 3 is 2.29 bits per heavy atom. The van der Waals surface area contributed by atoms with Crippen molar-refractivity contribution in [3.63, 3.8) is 0 Å². The van der Waals surface area contributed by atoms with Crippen molar-refractivity contribution in [2.24, 2.45) is 0 Å². The fraction of sp³-hybridized carbons (Fsp3) is 0.579. The fourth-order valence-electron chi connectivity index (χ4n) is 3.85. The van der Waals surface area contributed by atoms with Crippen LogP contribution in [0.4, 0.5) is 23.7 Å². The van der Waals surface area contributed by atoms with Gasteiger partial charge in [-0.1, -0.05) is 23.2 Å². The van der Waals surface area contributed by atoms with E-state index in [4.69, 9.17) is 23.2 Å². The highest BCUT2D eigenvalue weighted by Gasteiger charge is 2.39. The second-order valence-electron chi connectivity index (χ2n) is 7.57. The van der Waals surface area contributed by atoms with E-state index in [1.807, 2.05) is 11.0 Å².